The molecule has 0 aliphatic heterocycles. The summed E-state index contributed by atoms with van der Waals surface area (Å²) >= 11 is 0. The van der Waals surface area contributed by atoms with Crippen LogP contribution in [0.1, 0.15) is 25.7 Å². The molecule has 2 rings (SSSR count). The maximum Gasteiger partial charge on any atom is 0.389 e. The van der Waals surface area contributed by atoms with Crippen LogP contribution in [0.4, 0.5) is 5.82 Å². The smallest absolute Gasteiger partial charge is 0.389 e. The summed E-state index contributed by atoms with van der Waals surface area (Å²) in [6.45, 7) is 0.446. The summed E-state index contributed by atoms with van der Waals surface area (Å²) in [5, 5.41) is 26.4. The van der Waals surface area contributed by atoms with Crippen molar-refractivity contribution in [2.24, 2.45) is 5.41 Å². The topological polar surface area (TPSA) is 110 Å². The lowest BCUT2D eigenvalue weighted by Crippen LogP contribution is -2.39. The molecule has 1 aromatic rings. The predicted octanol–water partition coefficient (Wildman–Crippen LogP) is 0.460. The van der Waals surface area contributed by atoms with Crippen molar-refractivity contribution >= 4 is 11.7 Å². The van der Waals surface area contributed by atoms with E-state index in [2.05, 4.69) is 10.4 Å². The molecule has 1 heterocycles. The normalized spacial score (nSPS) is 17.1. The van der Waals surface area contributed by atoms with Crippen molar-refractivity contribution in [1.29, 1.82) is 0 Å². The highest BCUT2D eigenvalue weighted by Gasteiger charge is 2.33. The van der Waals surface area contributed by atoms with Crippen molar-refractivity contribution in [3.05, 3.63) is 22.4 Å². The van der Waals surface area contributed by atoms with Crippen LogP contribution in [0.5, 0.6) is 0 Å². The first-order valence-electron chi connectivity index (χ1n) is 6.60. The fourth-order valence-electron chi connectivity index (χ4n) is 2.54. The molecule has 1 amide bonds. The van der Waals surface area contributed by atoms with Gasteiger partial charge in [-0.15, -0.1) is 0 Å². The van der Waals surface area contributed by atoms with E-state index in [0.29, 0.717) is 6.54 Å². The minimum absolute atomic E-state index is 0.0602. The van der Waals surface area contributed by atoms with E-state index >= 15 is 0 Å². The van der Waals surface area contributed by atoms with Gasteiger partial charge in [-0.2, -0.15) is 4.68 Å². The maximum absolute atomic E-state index is 11.8. The summed E-state index contributed by atoms with van der Waals surface area (Å²) in [4.78, 5) is 21.7. The highest BCUT2D eigenvalue weighted by atomic mass is 16.6. The first-order chi connectivity index (χ1) is 9.54. The number of carbonyl (C=O) groups excluding carboxylic acids is 1. The molecule has 1 fully saturated rings. The van der Waals surface area contributed by atoms with E-state index in [-0.39, 0.29) is 30.3 Å². The van der Waals surface area contributed by atoms with Crippen LogP contribution in [0.15, 0.2) is 12.3 Å². The highest BCUT2D eigenvalue weighted by Crippen LogP contribution is 2.36. The Balaban J connectivity index is 1.84. The van der Waals surface area contributed by atoms with Gasteiger partial charge in [0.2, 0.25) is 5.91 Å². The van der Waals surface area contributed by atoms with Gasteiger partial charge in [-0.3, -0.25) is 4.79 Å². The van der Waals surface area contributed by atoms with E-state index in [1.807, 2.05) is 0 Å². The van der Waals surface area contributed by atoms with Crippen LogP contribution in [0.2, 0.25) is 0 Å². The lowest BCUT2D eigenvalue weighted by Gasteiger charge is -2.26. The Morgan fingerprint density at radius 1 is 1.55 bits per heavy atom. The van der Waals surface area contributed by atoms with E-state index in [4.69, 9.17) is 0 Å². The monoisotopic (exact) mass is 282 g/mol. The number of hydrogen-bond acceptors (Lipinski definition) is 5. The molecule has 0 saturated heterocycles. The largest absolute Gasteiger partial charge is 0.396 e. The number of rotatable bonds is 6. The third kappa shape index (κ3) is 3.32. The van der Waals surface area contributed by atoms with Crippen molar-refractivity contribution in [3.8, 4) is 0 Å². The zero-order valence-electron chi connectivity index (χ0n) is 11.1. The molecule has 20 heavy (non-hydrogen) atoms. The molecular weight excluding hydrogens is 264 g/mol. The van der Waals surface area contributed by atoms with Gasteiger partial charge in [0.15, 0.2) is 0 Å². The maximum atomic E-state index is 11.8. The fourth-order valence-corrected chi connectivity index (χ4v) is 2.54. The summed E-state index contributed by atoms with van der Waals surface area (Å²) in [7, 11) is 0. The van der Waals surface area contributed by atoms with Crippen molar-refractivity contribution in [3.63, 3.8) is 0 Å². The van der Waals surface area contributed by atoms with Crippen molar-refractivity contribution in [2.45, 2.75) is 32.2 Å². The third-order valence-electron chi connectivity index (χ3n) is 3.78. The van der Waals surface area contributed by atoms with Crippen LogP contribution in [0, 0.1) is 15.5 Å². The molecule has 1 aliphatic carbocycles. The summed E-state index contributed by atoms with van der Waals surface area (Å²) in [5.41, 5.74) is -0.203. The van der Waals surface area contributed by atoms with Gasteiger partial charge in [-0.1, -0.05) is 12.8 Å². The van der Waals surface area contributed by atoms with Crippen LogP contribution in [0.25, 0.3) is 0 Å². The van der Waals surface area contributed by atoms with Crippen LogP contribution < -0.4 is 5.32 Å². The molecule has 0 spiro atoms. The van der Waals surface area contributed by atoms with Gasteiger partial charge in [0, 0.05) is 12.0 Å². The molecule has 1 aromatic heterocycles. The lowest BCUT2D eigenvalue weighted by molar-refractivity contribution is -0.389. The van der Waals surface area contributed by atoms with E-state index < -0.39 is 4.92 Å². The average molecular weight is 282 g/mol. The van der Waals surface area contributed by atoms with Crippen LogP contribution in [-0.2, 0) is 11.3 Å². The van der Waals surface area contributed by atoms with E-state index in [0.717, 1.165) is 25.7 Å². The molecule has 2 N–H and O–H groups in total. The van der Waals surface area contributed by atoms with Gasteiger partial charge in [0.05, 0.1) is 24.0 Å². The standard InChI is InChI=1S/C12H18N4O4/c17-9-12(4-1-2-5-12)8-13-11(18)7-15-6-3-10(14-15)16(19)20/h3,6,17H,1-2,4-5,7-9H2,(H,13,18). The zero-order valence-corrected chi connectivity index (χ0v) is 11.1. The number of nitrogens with one attached hydrogen (secondary N) is 1. The Kier molecular flexibility index (Phi) is 4.33. The van der Waals surface area contributed by atoms with Crippen molar-refractivity contribution in [2.75, 3.05) is 13.2 Å². The second-order valence-electron chi connectivity index (χ2n) is 5.27. The summed E-state index contributed by atoms with van der Waals surface area (Å²) in [6, 6.07) is 1.25. The van der Waals surface area contributed by atoms with E-state index in [1.165, 1.54) is 16.9 Å². The first-order valence-corrected chi connectivity index (χ1v) is 6.60. The third-order valence-corrected chi connectivity index (χ3v) is 3.78. The molecule has 1 aliphatic rings. The number of aliphatic hydroxyl groups is 1. The second-order valence-corrected chi connectivity index (χ2v) is 5.27. The zero-order chi connectivity index (χ0) is 14.6. The number of amides is 1. The Labute approximate surface area is 115 Å². The number of nitrogens with zero attached hydrogens (tertiary/aromatic N) is 3. The Bertz CT molecular complexity index is 493. The number of carbonyl (C=O) groups is 1. The summed E-state index contributed by atoms with van der Waals surface area (Å²) < 4.78 is 1.23. The molecule has 0 aromatic carbocycles. The Morgan fingerprint density at radius 2 is 2.25 bits per heavy atom. The Hall–Kier alpha value is -1.96. The molecule has 0 radical (unpaired) electrons. The van der Waals surface area contributed by atoms with Crippen LogP contribution >= 0.6 is 0 Å². The molecule has 1 saturated carbocycles. The molecule has 0 unspecified atom stereocenters. The van der Waals surface area contributed by atoms with E-state index in [9.17, 15) is 20.0 Å². The minimum atomic E-state index is -0.603. The van der Waals surface area contributed by atoms with Gasteiger partial charge < -0.3 is 20.5 Å². The average Bonchev–Trinajstić information content (AvgIpc) is 3.06. The highest BCUT2D eigenvalue weighted by molar-refractivity contribution is 5.75. The minimum Gasteiger partial charge on any atom is -0.396 e. The van der Waals surface area contributed by atoms with Crippen molar-refractivity contribution in [1.82, 2.24) is 15.1 Å². The second kappa shape index (κ2) is 6.00. The number of aromatic nitrogens is 2. The van der Waals surface area contributed by atoms with Gasteiger partial charge in [-0.25, -0.2) is 0 Å². The van der Waals surface area contributed by atoms with Gasteiger partial charge in [-0.05, 0) is 17.8 Å². The molecule has 8 nitrogen and oxygen atoms in total. The molecule has 110 valence electrons. The molecular formula is C12H18N4O4. The lowest BCUT2D eigenvalue weighted by atomic mass is 9.87. The summed E-state index contributed by atoms with van der Waals surface area (Å²) in [5.74, 6) is -0.539. The van der Waals surface area contributed by atoms with Crippen LogP contribution in [-0.4, -0.2) is 38.9 Å². The Morgan fingerprint density at radius 3 is 2.80 bits per heavy atom. The first kappa shape index (κ1) is 14.4. The number of aliphatic hydroxyl groups excluding tert-OH is 1. The fraction of sp³-hybridized carbons (Fsp3) is 0.667. The SMILES string of the molecule is O=C(Cn1ccc([N+](=O)[O-])n1)NCC1(CO)CCCC1. The molecule has 0 bridgehead atoms. The predicted molar refractivity (Wildman–Crippen MR) is 69.9 cm³/mol. The number of hydrogen-bond donors (Lipinski definition) is 2. The van der Waals surface area contributed by atoms with Gasteiger partial charge >= 0.3 is 5.82 Å². The van der Waals surface area contributed by atoms with Gasteiger partial charge in [0.25, 0.3) is 0 Å². The quantitative estimate of drug-likeness (QED) is 0.581. The van der Waals surface area contributed by atoms with E-state index in [1.54, 1.807) is 0 Å². The van der Waals surface area contributed by atoms with Crippen molar-refractivity contribution < 1.29 is 14.8 Å². The molecule has 8 heteroatoms. The van der Waals surface area contributed by atoms with Gasteiger partial charge in [0.1, 0.15) is 6.54 Å². The summed E-state index contributed by atoms with van der Waals surface area (Å²) in [6.07, 6.45) is 5.37. The number of nitro groups is 1. The van der Waals surface area contributed by atoms with Crippen LogP contribution in [0.3, 0.4) is 0 Å². The molecule has 0 atom stereocenters.